The molecule has 6 heteroatoms. The van der Waals surface area contributed by atoms with Crippen LogP contribution in [0.2, 0.25) is 0 Å². The van der Waals surface area contributed by atoms with Crippen molar-refractivity contribution in [3.63, 3.8) is 0 Å². The molecule has 21 heavy (non-hydrogen) atoms. The molecular formula is C15H14N6. The molecule has 4 heterocycles. The van der Waals surface area contributed by atoms with E-state index >= 15 is 0 Å². The lowest BCUT2D eigenvalue weighted by molar-refractivity contribution is 0.457. The largest absolute Gasteiger partial charge is 0.308 e. The molecule has 0 amide bonds. The van der Waals surface area contributed by atoms with Crippen molar-refractivity contribution in [3.05, 3.63) is 60.4 Å². The van der Waals surface area contributed by atoms with Crippen molar-refractivity contribution in [2.45, 2.75) is 12.6 Å². The van der Waals surface area contributed by atoms with Gasteiger partial charge in [0, 0.05) is 43.4 Å². The average Bonchev–Trinajstić information content (AvgIpc) is 3.00. The van der Waals surface area contributed by atoms with E-state index in [0.717, 1.165) is 35.9 Å². The van der Waals surface area contributed by atoms with E-state index < -0.39 is 0 Å². The van der Waals surface area contributed by atoms with E-state index in [1.54, 1.807) is 12.4 Å². The molecule has 3 aromatic rings. The first-order valence-electron chi connectivity index (χ1n) is 6.90. The van der Waals surface area contributed by atoms with Gasteiger partial charge in [-0.05, 0) is 23.8 Å². The average molecular weight is 278 g/mol. The fourth-order valence-corrected chi connectivity index (χ4v) is 2.68. The van der Waals surface area contributed by atoms with Gasteiger partial charge < -0.3 is 9.88 Å². The van der Waals surface area contributed by atoms with Crippen LogP contribution in [0.25, 0.3) is 11.4 Å². The zero-order valence-electron chi connectivity index (χ0n) is 11.3. The lowest BCUT2D eigenvalue weighted by Crippen LogP contribution is -2.34. The Kier molecular flexibility index (Phi) is 2.93. The van der Waals surface area contributed by atoms with Crippen molar-refractivity contribution in [1.29, 1.82) is 0 Å². The molecule has 1 aliphatic heterocycles. The van der Waals surface area contributed by atoms with Crippen molar-refractivity contribution in [2.75, 3.05) is 6.54 Å². The Morgan fingerprint density at radius 3 is 2.67 bits per heavy atom. The Morgan fingerprint density at radius 1 is 1.05 bits per heavy atom. The Balaban J connectivity index is 1.79. The predicted molar refractivity (Wildman–Crippen MR) is 77.3 cm³/mol. The highest BCUT2D eigenvalue weighted by atomic mass is 15.3. The first kappa shape index (κ1) is 12.2. The van der Waals surface area contributed by atoms with E-state index in [4.69, 9.17) is 0 Å². The second-order valence-corrected chi connectivity index (χ2v) is 4.95. The fraction of sp³-hybridized carbons (Fsp3) is 0.200. The molecular weight excluding hydrogens is 264 g/mol. The Hall–Kier alpha value is -2.60. The number of nitrogens with one attached hydrogen (secondary N) is 1. The molecule has 4 rings (SSSR count). The van der Waals surface area contributed by atoms with Crippen LogP contribution in [0, 0.1) is 0 Å². The minimum Gasteiger partial charge on any atom is -0.308 e. The van der Waals surface area contributed by atoms with Gasteiger partial charge in [-0.15, -0.1) is 10.2 Å². The first-order chi connectivity index (χ1) is 10.4. The molecule has 0 fully saturated rings. The molecule has 1 unspecified atom stereocenters. The predicted octanol–water partition coefficient (Wildman–Crippen LogP) is 1.43. The van der Waals surface area contributed by atoms with Gasteiger partial charge in [0.2, 0.25) is 0 Å². The third-order valence-electron chi connectivity index (χ3n) is 3.66. The van der Waals surface area contributed by atoms with E-state index in [2.05, 4.69) is 36.1 Å². The summed E-state index contributed by atoms with van der Waals surface area (Å²) in [5.74, 6) is 1.79. The highest BCUT2D eigenvalue weighted by Crippen LogP contribution is 2.26. The summed E-state index contributed by atoms with van der Waals surface area (Å²) in [6.07, 6.45) is 7.22. The maximum Gasteiger partial charge on any atom is 0.165 e. The number of hydrogen-bond acceptors (Lipinski definition) is 5. The molecule has 0 saturated heterocycles. The van der Waals surface area contributed by atoms with E-state index in [-0.39, 0.29) is 6.04 Å². The van der Waals surface area contributed by atoms with Crippen molar-refractivity contribution in [1.82, 2.24) is 30.0 Å². The highest BCUT2D eigenvalue weighted by molar-refractivity contribution is 5.54. The van der Waals surface area contributed by atoms with Crippen LogP contribution in [0.3, 0.4) is 0 Å². The molecule has 1 N–H and O–H groups in total. The molecule has 0 aromatic carbocycles. The molecule has 6 nitrogen and oxygen atoms in total. The van der Waals surface area contributed by atoms with Crippen LogP contribution >= 0.6 is 0 Å². The van der Waals surface area contributed by atoms with E-state index in [1.165, 1.54) is 0 Å². The summed E-state index contributed by atoms with van der Waals surface area (Å²) >= 11 is 0. The topological polar surface area (TPSA) is 68.5 Å². The molecule has 0 saturated carbocycles. The molecule has 1 atom stereocenters. The molecule has 1 aliphatic rings. The third-order valence-corrected chi connectivity index (χ3v) is 3.66. The van der Waals surface area contributed by atoms with Crippen LogP contribution in [0.5, 0.6) is 0 Å². The van der Waals surface area contributed by atoms with Gasteiger partial charge in [-0.1, -0.05) is 6.07 Å². The van der Waals surface area contributed by atoms with Gasteiger partial charge in [0.1, 0.15) is 0 Å². The minimum atomic E-state index is 0.0328. The van der Waals surface area contributed by atoms with Crippen molar-refractivity contribution in [2.24, 2.45) is 0 Å². The normalized spacial score (nSPS) is 17.4. The summed E-state index contributed by atoms with van der Waals surface area (Å²) in [6.45, 7) is 1.72. The highest BCUT2D eigenvalue weighted by Gasteiger charge is 2.26. The zero-order valence-corrected chi connectivity index (χ0v) is 11.3. The summed E-state index contributed by atoms with van der Waals surface area (Å²) in [4.78, 5) is 8.35. The fourth-order valence-electron chi connectivity index (χ4n) is 2.68. The molecule has 104 valence electrons. The zero-order chi connectivity index (χ0) is 14.1. The maximum absolute atomic E-state index is 4.39. The van der Waals surface area contributed by atoms with E-state index in [9.17, 15) is 0 Å². The van der Waals surface area contributed by atoms with Crippen LogP contribution in [0.15, 0.2) is 49.1 Å². The third kappa shape index (κ3) is 2.09. The van der Waals surface area contributed by atoms with Crippen LogP contribution in [0.4, 0.5) is 0 Å². The minimum absolute atomic E-state index is 0.0328. The monoisotopic (exact) mass is 278 g/mol. The summed E-state index contributed by atoms with van der Waals surface area (Å²) < 4.78 is 2.16. The van der Waals surface area contributed by atoms with Gasteiger partial charge in [0.25, 0.3) is 0 Å². The second kappa shape index (κ2) is 5.06. The van der Waals surface area contributed by atoms with Crippen LogP contribution in [-0.2, 0) is 6.54 Å². The van der Waals surface area contributed by atoms with Gasteiger partial charge in [0.15, 0.2) is 11.6 Å². The van der Waals surface area contributed by atoms with Crippen LogP contribution in [0.1, 0.15) is 17.4 Å². The van der Waals surface area contributed by atoms with Gasteiger partial charge in [-0.2, -0.15) is 0 Å². The summed E-state index contributed by atoms with van der Waals surface area (Å²) in [7, 11) is 0. The molecule has 0 radical (unpaired) electrons. The first-order valence-corrected chi connectivity index (χ1v) is 6.90. The quantitative estimate of drug-likeness (QED) is 0.768. The Morgan fingerprint density at radius 2 is 1.90 bits per heavy atom. The van der Waals surface area contributed by atoms with Gasteiger partial charge >= 0.3 is 0 Å². The smallest absolute Gasteiger partial charge is 0.165 e. The number of nitrogens with zero attached hydrogens (tertiary/aromatic N) is 5. The van der Waals surface area contributed by atoms with E-state index in [1.807, 2.05) is 30.6 Å². The van der Waals surface area contributed by atoms with Crippen molar-refractivity contribution in [3.8, 4) is 11.4 Å². The standard InChI is InChI=1S/C15H14N6/c1-3-11(9-16-5-1)13-15-20-19-14(21(15)8-7-18-13)12-4-2-6-17-10-12/h1-6,9-10,13,18H,7-8H2. The molecule has 0 bridgehead atoms. The number of fused-ring (bicyclic) bond motifs is 1. The molecule has 0 spiro atoms. The SMILES string of the molecule is c1cncc(-c2nnc3n2CCNC3c2cccnc2)c1. The molecule has 3 aromatic heterocycles. The Labute approximate surface area is 121 Å². The lowest BCUT2D eigenvalue weighted by atomic mass is 10.1. The summed E-state index contributed by atoms with van der Waals surface area (Å²) in [5, 5.41) is 12.2. The van der Waals surface area contributed by atoms with Crippen LogP contribution < -0.4 is 5.32 Å². The number of rotatable bonds is 2. The summed E-state index contributed by atoms with van der Waals surface area (Å²) in [5.41, 5.74) is 2.09. The van der Waals surface area contributed by atoms with Gasteiger partial charge in [0.05, 0.1) is 6.04 Å². The van der Waals surface area contributed by atoms with Gasteiger partial charge in [-0.3, -0.25) is 9.97 Å². The number of pyridine rings is 2. The van der Waals surface area contributed by atoms with Gasteiger partial charge in [-0.25, -0.2) is 0 Å². The van der Waals surface area contributed by atoms with Crippen molar-refractivity contribution >= 4 is 0 Å². The second-order valence-electron chi connectivity index (χ2n) is 4.95. The lowest BCUT2D eigenvalue weighted by Gasteiger charge is -2.25. The van der Waals surface area contributed by atoms with Crippen LogP contribution in [-0.4, -0.2) is 31.3 Å². The maximum atomic E-state index is 4.39. The molecule has 0 aliphatic carbocycles. The summed E-state index contributed by atoms with van der Waals surface area (Å²) in [6, 6.07) is 7.94. The Bertz CT molecular complexity index is 737. The number of aromatic nitrogens is 5. The van der Waals surface area contributed by atoms with E-state index in [0.29, 0.717) is 0 Å². The van der Waals surface area contributed by atoms with Crippen molar-refractivity contribution < 1.29 is 0 Å². The number of hydrogen-bond donors (Lipinski definition) is 1.